The van der Waals surface area contributed by atoms with E-state index < -0.39 is 0 Å². The number of hydrogen-bond donors (Lipinski definition) is 0. The molecule has 0 aliphatic rings. The number of hydrogen-bond acceptors (Lipinski definition) is 6. The van der Waals surface area contributed by atoms with E-state index in [1.54, 1.807) is 24.5 Å². The first-order chi connectivity index (χ1) is 13.6. The van der Waals surface area contributed by atoms with Crippen LogP contribution in [0.1, 0.15) is 11.3 Å². The minimum Gasteiger partial charge on any atom is -0.487 e. The van der Waals surface area contributed by atoms with Crippen LogP contribution < -0.4 is 4.74 Å². The van der Waals surface area contributed by atoms with Crippen LogP contribution >= 0.6 is 11.6 Å². The number of aromatic nitrogens is 1. The Labute approximate surface area is 165 Å². The molecule has 0 bridgehead atoms. The Hall–Kier alpha value is -3.25. The molecule has 0 aliphatic heterocycles. The predicted octanol–water partition coefficient (Wildman–Crippen LogP) is 5.04. The van der Waals surface area contributed by atoms with Crippen molar-refractivity contribution in [3.05, 3.63) is 71.1 Å². The van der Waals surface area contributed by atoms with Crippen LogP contribution in [-0.4, -0.2) is 18.2 Å². The van der Waals surface area contributed by atoms with Gasteiger partial charge in [0.2, 0.25) is 0 Å². The van der Waals surface area contributed by atoms with Gasteiger partial charge in [-0.25, -0.2) is 0 Å². The number of nitrogens with zero attached hydrogens (tertiary/aromatic N) is 1. The summed E-state index contributed by atoms with van der Waals surface area (Å²) in [7, 11) is 1.36. The SMILES string of the molecule is COC(=O)Cc1coc2cc(OCc3cc(-c4ccc(Cl)cc4)on3)ccc12. The standard InChI is InChI=1S/C21H16ClNO5/c1-25-21(24)8-14-11-27-20-10-17(6-7-18(14)20)26-12-16-9-19(28-23-16)13-2-4-15(22)5-3-13/h2-7,9-11H,8,12H2,1H3. The monoisotopic (exact) mass is 397 g/mol. The lowest BCUT2D eigenvalue weighted by atomic mass is 10.1. The first kappa shape index (κ1) is 18.1. The third kappa shape index (κ3) is 3.87. The van der Waals surface area contributed by atoms with Crippen LogP contribution in [-0.2, 0) is 22.6 Å². The second-order valence-corrected chi connectivity index (χ2v) is 6.59. The van der Waals surface area contributed by atoms with Gasteiger partial charge in [0.05, 0.1) is 19.8 Å². The Morgan fingerprint density at radius 1 is 1.14 bits per heavy atom. The highest BCUT2D eigenvalue weighted by Gasteiger charge is 2.12. The number of methoxy groups -OCH3 is 1. The van der Waals surface area contributed by atoms with E-state index in [-0.39, 0.29) is 19.0 Å². The van der Waals surface area contributed by atoms with Crippen LogP contribution in [0.2, 0.25) is 5.02 Å². The summed E-state index contributed by atoms with van der Waals surface area (Å²) in [5, 5.41) is 5.54. The van der Waals surface area contributed by atoms with Gasteiger partial charge in [0.15, 0.2) is 5.76 Å². The van der Waals surface area contributed by atoms with Gasteiger partial charge in [-0.3, -0.25) is 4.79 Å². The van der Waals surface area contributed by atoms with Crippen molar-refractivity contribution in [2.75, 3.05) is 7.11 Å². The molecule has 2 aromatic heterocycles. The topological polar surface area (TPSA) is 74.7 Å². The Bertz CT molecular complexity index is 1110. The zero-order valence-electron chi connectivity index (χ0n) is 15.0. The highest BCUT2D eigenvalue weighted by molar-refractivity contribution is 6.30. The normalized spacial score (nSPS) is 10.9. The molecule has 0 aliphatic carbocycles. The maximum Gasteiger partial charge on any atom is 0.310 e. The van der Waals surface area contributed by atoms with Gasteiger partial charge in [-0.05, 0) is 36.4 Å². The largest absolute Gasteiger partial charge is 0.487 e. The van der Waals surface area contributed by atoms with Crippen molar-refractivity contribution in [3.63, 3.8) is 0 Å². The van der Waals surface area contributed by atoms with E-state index in [4.69, 9.17) is 30.0 Å². The summed E-state index contributed by atoms with van der Waals surface area (Å²) in [5.41, 5.74) is 2.96. The van der Waals surface area contributed by atoms with Crippen molar-refractivity contribution in [1.29, 1.82) is 0 Å². The third-order valence-electron chi connectivity index (χ3n) is 4.26. The number of rotatable bonds is 6. The van der Waals surface area contributed by atoms with E-state index in [9.17, 15) is 4.79 Å². The fourth-order valence-corrected chi connectivity index (χ4v) is 2.93. The predicted molar refractivity (Wildman–Crippen MR) is 103 cm³/mol. The quantitative estimate of drug-likeness (QED) is 0.424. The Morgan fingerprint density at radius 3 is 2.75 bits per heavy atom. The zero-order chi connectivity index (χ0) is 19.5. The summed E-state index contributed by atoms with van der Waals surface area (Å²) in [6.07, 6.45) is 1.72. The lowest BCUT2D eigenvalue weighted by Gasteiger charge is -2.03. The molecule has 142 valence electrons. The number of furan rings is 1. The molecule has 7 heteroatoms. The maximum atomic E-state index is 11.5. The number of halogens is 1. The molecular formula is C21H16ClNO5. The first-order valence-corrected chi connectivity index (χ1v) is 8.91. The number of carbonyl (C=O) groups excluding carboxylic acids is 1. The third-order valence-corrected chi connectivity index (χ3v) is 4.52. The van der Waals surface area contributed by atoms with Crippen LogP contribution in [0.25, 0.3) is 22.3 Å². The summed E-state index contributed by atoms with van der Waals surface area (Å²) in [6, 6.07) is 14.6. The molecule has 0 fully saturated rings. The number of carbonyl (C=O) groups is 1. The molecule has 6 nitrogen and oxygen atoms in total. The molecule has 0 atom stereocenters. The summed E-state index contributed by atoms with van der Waals surface area (Å²) >= 11 is 5.90. The zero-order valence-corrected chi connectivity index (χ0v) is 15.7. The first-order valence-electron chi connectivity index (χ1n) is 8.53. The molecule has 0 unspecified atom stereocenters. The number of benzene rings is 2. The van der Waals surface area contributed by atoms with Gasteiger partial charge in [-0.1, -0.05) is 16.8 Å². The fraction of sp³-hybridized carbons (Fsp3) is 0.143. The van der Waals surface area contributed by atoms with E-state index in [1.165, 1.54) is 7.11 Å². The van der Waals surface area contributed by atoms with Crippen LogP contribution in [0, 0.1) is 0 Å². The average Bonchev–Trinajstić information content (AvgIpc) is 3.34. The highest BCUT2D eigenvalue weighted by atomic mass is 35.5. The van der Waals surface area contributed by atoms with E-state index in [2.05, 4.69) is 5.16 Å². The van der Waals surface area contributed by atoms with Crippen molar-refractivity contribution in [1.82, 2.24) is 5.16 Å². The van der Waals surface area contributed by atoms with Crippen LogP contribution in [0.3, 0.4) is 0 Å². The highest BCUT2D eigenvalue weighted by Crippen LogP contribution is 2.27. The lowest BCUT2D eigenvalue weighted by Crippen LogP contribution is -2.03. The van der Waals surface area contributed by atoms with Crippen molar-refractivity contribution >= 4 is 28.5 Å². The van der Waals surface area contributed by atoms with Crippen molar-refractivity contribution in [2.24, 2.45) is 0 Å². The molecule has 0 radical (unpaired) electrons. The van der Waals surface area contributed by atoms with Crippen molar-refractivity contribution in [2.45, 2.75) is 13.0 Å². The van der Waals surface area contributed by atoms with Crippen LogP contribution in [0.15, 0.2) is 63.7 Å². The van der Waals surface area contributed by atoms with E-state index in [0.29, 0.717) is 27.8 Å². The van der Waals surface area contributed by atoms with Gasteiger partial charge in [-0.15, -0.1) is 0 Å². The number of fused-ring (bicyclic) bond motifs is 1. The second kappa shape index (κ2) is 7.78. The maximum absolute atomic E-state index is 11.5. The van der Waals surface area contributed by atoms with Gasteiger partial charge in [0.25, 0.3) is 0 Å². The summed E-state index contributed by atoms with van der Waals surface area (Å²) in [4.78, 5) is 11.5. The van der Waals surface area contributed by atoms with Crippen LogP contribution in [0.5, 0.6) is 5.75 Å². The van der Waals surface area contributed by atoms with Crippen molar-refractivity contribution in [3.8, 4) is 17.1 Å². The van der Waals surface area contributed by atoms with E-state index in [1.807, 2.05) is 30.3 Å². The molecule has 4 aromatic rings. The van der Waals surface area contributed by atoms with E-state index in [0.717, 1.165) is 16.5 Å². The molecule has 0 saturated carbocycles. The molecule has 0 spiro atoms. The van der Waals surface area contributed by atoms with Crippen LogP contribution in [0.4, 0.5) is 0 Å². The Kier molecular flexibility index (Phi) is 5.04. The van der Waals surface area contributed by atoms with Gasteiger partial charge in [0.1, 0.15) is 23.6 Å². The molecule has 0 N–H and O–H groups in total. The van der Waals surface area contributed by atoms with Gasteiger partial charge >= 0.3 is 5.97 Å². The summed E-state index contributed by atoms with van der Waals surface area (Å²) in [6.45, 7) is 0.248. The lowest BCUT2D eigenvalue weighted by molar-refractivity contribution is -0.139. The Balaban J connectivity index is 1.44. The van der Waals surface area contributed by atoms with Gasteiger partial charge < -0.3 is 18.4 Å². The molecule has 0 saturated heterocycles. The van der Waals surface area contributed by atoms with Gasteiger partial charge in [0, 0.05) is 33.7 Å². The van der Waals surface area contributed by atoms with E-state index >= 15 is 0 Å². The van der Waals surface area contributed by atoms with Gasteiger partial charge in [-0.2, -0.15) is 0 Å². The summed E-state index contributed by atoms with van der Waals surface area (Å²) in [5.74, 6) is 0.956. The average molecular weight is 398 g/mol. The summed E-state index contributed by atoms with van der Waals surface area (Å²) < 4.78 is 21.4. The minimum atomic E-state index is -0.314. The molecule has 2 heterocycles. The number of ether oxygens (including phenoxy) is 2. The molecule has 28 heavy (non-hydrogen) atoms. The minimum absolute atomic E-state index is 0.163. The molecule has 4 rings (SSSR count). The Morgan fingerprint density at radius 2 is 1.96 bits per heavy atom. The number of esters is 1. The molecule has 0 amide bonds. The molecule has 2 aromatic carbocycles. The molecular weight excluding hydrogens is 382 g/mol. The second-order valence-electron chi connectivity index (χ2n) is 6.15. The smallest absolute Gasteiger partial charge is 0.310 e. The fourth-order valence-electron chi connectivity index (χ4n) is 2.81. The van der Waals surface area contributed by atoms with Crippen molar-refractivity contribution < 1.29 is 23.2 Å².